The Hall–Kier alpha value is -4.54. The van der Waals surface area contributed by atoms with Crippen LogP contribution in [-0.4, -0.2) is 12.6 Å². The van der Waals surface area contributed by atoms with Crippen molar-refractivity contribution < 1.29 is 14.3 Å². The van der Waals surface area contributed by atoms with Crippen LogP contribution in [0.4, 0.5) is 0 Å². The molecule has 5 aromatic carbocycles. The Morgan fingerprint density at radius 1 is 0.791 bits per heavy atom. The van der Waals surface area contributed by atoms with Crippen molar-refractivity contribution in [2.75, 3.05) is 6.61 Å². The van der Waals surface area contributed by atoms with Crippen LogP contribution in [-0.2, 0) is 26.0 Å². The van der Waals surface area contributed by atoms with Crippen LogP contribution in [0, 0.1) is 0 Å². The molecule has 0 saturated carbocycles. The molecular weight excluding hydrogens is 548 g/mol. The summed E-state index contributed by atoms with van der Waals surface area (Å²) in [6, 6.07) is 37.8. The lowest BCUT2D eigenvalue weighted by Crippen LogP contribution is -2.28. The zero-order valence-electron chi connectivity index (χ0n) is 24.3. The van der Waals surface area contributed by atoms with Gasteiger partial charge >= 0.3 is 5.97 Å². The summed E-state index contributed by atoms with van der Waals surface area (Å²) in [7, 11) is -0.237. The van der Waals surface area contributed by atoms with Gasteiger partial charge in [-0.1, -0.05) is 72.8 Å². The van der Waals surface area contributed by atoms with Crippen LogP contribution in [0.2, 0.25) is 0 Å². The summed E-state index contributed by atoms with van der Waals surface area (Å²) >= 11 is 0. The maximum Gasteiger partial charge on any atom is 0.345 e. The lowest BCUT2D eigenvalue weighted by molar-refractivity contribution is -0.159. The van der Waals surface area contributed by atoms with Crippen molar-refractivity contribution in [3.63, 3.8) is 0 Å². The van der Waals surface area contributed by atoms with E-state index in [-0.39, 0.29) is 17.5 Å². The van der Waals surface area contributed by atoms with Crippen LogP contribution in [0.3, 0.4) is 0 Å². The van der Waals surface area contributed by atoms with E-state index in [4.69, 9.17) is 9.47 Å². The molecule has 2 aliphatic rings. The largest absolute Gasteiger partial charge is 0.482 e. The third-order valence-electron chi connectivity index (χ3n) is 8.23. The summed E-state index contributed by atoms with van der Waals surface area (Å²) in [6.45, 7) is 3.73. The molecule has 0 bridgehead atoms. The van der Waals surface area contributed by atoms with Gasteiger partial charge in [-0.15, -0.1) is 0 Å². The summed E-state index contributed by atoms with van der Waals surface area (Å²) in [5.74, 6) is 0.668. The van der Waals surface area contributed by atoms with Crippen LogP contribution < -0.4 is 4.74 Å². The number of hydrogen-bond donors (Lipinski definition) is 0. The highest BCUT2D eigenvalue weighted by Crippen LogP contribution is 2.43. The van der Waals surface area contributed by atoms with E-state index in [2.05, 4.69) is 109 Å². The van der Waals surface area contributed by atoms with Gasteiger partial charge in [0.15, 0.2) is 21.3 Å². The summed E-state index contributed by atoms with van der Waals surface area (Å²) in [5, 5.41) is 2.50. The molecule has 0 N–H and O–H groups in total. The fourth-order valence-electron chi connectivity index (χ4n) is 6.13. The van der Waals surface area contributed by atoms with Gasteiger partial charge in [-0.2, -0.15) is 0 Å². The number of allylic oxidation sites excluding steroid dienone is 2. The first-order valence-corrected chi connectivity index (χ1v) is 15.9. The molecule has 3 nitrogen and oxygen atoms in total. The molecule has 5 aromatic rings. The van der Waals surface area contributed by atoms with Crippen LogP contribution >= 0.6 is 0 Å². The monoisotopic (exact) mass is 581 g/mol. The summed E-state index contributed by atoms with van der Waals surface area (Å²) in [6.07, 6.45) is 10.0. The minimum atomic E-state index is -0.810. The molecule has 0 radical (unpaired) electrons. The Morgan fingerprint density at radius 2 is 1.47 bits per heavy atom. The maximum absolute atomic E-state index is 13.0. The first kappa shape index (κ1) is 27.3. The smallest absolute Gasteiger partial charge is 0.345 e. The predicted molar refractivity (Wildman–Crippen MR) is 175 cm³/mol. The lowest BCUT2D eigenvalue weighted by Gasteiger charge is -2.29. The topological polar surface area (TPSA) is 35.5 Å². The van der Waals surface area contributed by atoms with E-state index in [0.29, 0.717) is 11.7 Å². The average molecular weight is 582 g/mol. The second-order valence-electron chi connectivity index (χ2n) is 11.5. The summed E-state index contributed by atoms with van der Waals surface area (Å²) < 4.78 is 11.9. The maximum atomic E-state index is 13.0. The van der Waals surface area contributed by atoms with Crippen molar-refractivity contribution in [3.05, 3.63) is 144 Å². The van der Waals surface area contributed by atoms with Crippen molar-refractivity contribution in [2.24, 2.45) is 0 Å². The number of benzene rings is 5. The van der Waals surface area contributed by atoms with Gasteiger partial charge in [0.2, 0.25) is 0 Å². The molecule has 0 spiro atoms. The minimum Gasteiger partial charge on any atom is -0.482 e. The molecule has 4 heteroatoms. The van der Waals surface area contributed by atoms with Gasteiger partial charge in [0.25, 0.3) is 0 Å². The van der Waals surface area contributed by atoms with Gasteiger partial charge < -0.3 is 9.47 Å². The molecular formula is C39H33O3S+. The van der Waals surface area contributed by atoms with Crippen molar-refractivity contribution in [1.82, 2.24) is 0 Å². The van der Waals surface area contributed by atoms with Gasteiger partial charge in [-0.25, -0.2) is 4.79 Å². The Bertz CT molecular complexity index is 1820. The number of esters is 1. The molecule has 43 heavy (non-hydrogen) atoms. The zero-order valence-corrected chi connectivity index (χ0v) is 25.1. The molecule has 0 amide bonds. The first-order chi connectivity index (χ1) is 21.0. The van der Waals surface area contributed by atoms with E-state index in [9.17, 15) is 4.79 Å². The highest BCUT2D eigenvalue weighted by molar-refractivity contribution is 7.97. The van der Waals surface area contributed by atoms with Crippen LogP contribution in [0.15, 0.2) is 136 Å². The fraction of sp³-hybridized carbons (Fsp3) is 0.154. The van der Waals surface area contributed by atoms with Crippen molar-refractivity contribution >= 4 is 39.8 Å². The normalized spacial score (nSPS) is 15.1. The van der Waals surface area contributed by atoms with Crippen molar-refractivity contribution in [2.45, 2.75) is 46.5 Å². The third kappa shape index (κ3) is 5.39. The molecule has 0 aliphatic heterocycles. The Morgan fingerprint density at radius 3 is 2.16 bits per heavy atom. The standard InChI is InChI=1S/C39H33O3S/c1-39(2,31-24-29-18-16-27-10-9-11-28-17-19-30(25-31)38(29)37(27)28)42-36(40)26-41-32-20-22-35(23-21-32)43(33-12-5-3-6-13-33)34-14-7-4-8-15-34/h3-10,12-25,28H,11,26H2,1-2H3/q+1. The van der Waals surface area contributed by atoms with E-state index in [1.165, 1.54) is 42.1 Å². The summed E-state index contributed by atoms with van der Waals surface area (Å²) in [4.78, 5) is 16.7. The molecule has 0 heterocycles. The molecule has 1 atom stereocenters. The predicted octanol–water partition coefficient (Wildman–Crippen LogP) is 9.32. The Balaban J connectivity index is 1.05. The molecule has 0 fully saturated rings. The lowest BCUT2D eigenvalue weighted by atomic mass is 9.77. The van der Waals surface area contributed by atoms with Gasteiger partial charge in [-0.05, 0) is 114 Å². The number of carbonyl (C=O) groups is 1. The number of rotatable bonds is 8. The molecule has 7 rings (SSSR count). The third-order valence-corrected chi connectivity index (χ3v) is 10.5. The van der Waals surface area contributed by atoms with Gasteiger partial charge in [0.05, 0.1) is 10.9 Å². The second-order valence-corrected chi connectivity index (χ2v) is 13.5. The molecule has 2 aliphatic carbocycles. The SMILES string of the molecule is CC(C)(OC(=O)COc1ccc([S+](c2ccccc2)c2ccccc2)cc1)c1cc2c3c4c(ccc3c1)C=CCC4C=C2. The average Bonchev–Trinajstić information content (AvgIpc) is 3.04. The number of hydrogen-bond acceptors (Lipinski definition) is 3. The van der Waals surface area contributed by atoms with E-state index in [1.54, 1.807) is 0 Å². The van der Waals surface area contributed by atoms with E-state index in [1.807, 2.05) is 38.1 Å². The number of ether oxygens (including phenoxy) is 2. The van der Waals surface area contributed by atoms with Crippen LogP contribution in [0.5, 0.6) is 5.75 Å². The first-order valence-electron chi connectivity index (χ1n) is 14.7. The molecule has 0 saturated heterocycles. The van der Waals surface area contributed by atoms with Crippen LogP contribution in [0.25, 0.3) is 22.9 Å². The molecule has 1 unspecified atom stereocenters. The van der Waals surface area contributed by atoms with Gasteiger partial charge in [0.1, 0.15) is 11.4 Å². The zero-order chi connectivity index (χ0) is 29.4. The highest BCUT2D eigenvalue weighted by atomic mass is 32.2. The molecule has 212 valence electrons. The van der Waals surface area contributed by atoms with Crippen LogP contribution in [0.1, 0.15) is 48.4 Å². The minimum absolute atomic E-state index is 0.159. The Kier molecular flexibility index (Phi) is 7.16. The second kappa shape index (κ2) is 11.3. The van der Waals surface area contributed by atoms with E-state index in [0.717, 1.165) is 12.0 Å². The van der Waals surface area contributed by atoms with Crippen molar-refractivity contribution in [1.29, 1.82) is 0 Å². The van der Waals surface area contributed by atoms with E-state index >= 15 is 0 Å². The Labute approximate surface area is 255 Å². The van der Waals surface area contributed by atoms with Gasteiger partial charge in [0, 0.05) is 5.92 Å². The number of carbonyl (C=O) groups excluding carboxylic acids is 1. The van der Waals surface area contributed by atoms with Gasteiger partial charge in [-0.3, -0.25) is 0 Å². The molecule has 0 aromatic heterocycles. The summed E-state index contributed by atoms with van der Waals surface area (Å²) in [5.41, 5.74) is 4.05. The van der Waals surface area contributed by atoms with E-state index < -0.39 is 11.6 Å². The van der Waals surface area contributed by atoms with Crippen molar-refractivity contribution in [3.8, 4) is 5.75 Å². The highest BCUT2D eigenvalue weighted by Gasteiger charge is 2.30. The quantitative estimate of drug-likeness (QED) is 0.135. The fourth-order valence-corrected chi connectivity index (χ4v) is 8.21.